The Hall–Kier alpha value is -2.67. The standard InChI is InChI=1S/C15H15ClN4O3/c1-3-23-13(21)11-8(2)18-15(20-14(17)22)19-12(11)9-4-6-10(16)7-5-9/h4-7H,3H2,1-2H3,(H3,17,18,19,20,22). The molecule has 0 saturated carbocycles. The number of urea groups is 1. The van der Waals surface area contributed by atoms with E-state index < -0.39 is 12.0 Å². The van der Waals surface area contributed by atoms with E-state index >= 15 is 0 Å². The lowest BCUT2D eigenvalue weighted by molar-refractivity contribution is 0.0525. The molecular weight excluding hydrogens is 320 g/mol. The molecule has 0 bridgehead atoms. The third-order valence-electron chi connectivity index (χ3n) is 2.92. The van der Waals surface area contributed by atoms with Gasteiger partial charge in [0.15, 0.2) is 0 Å². The number of nitrogens with two attached hydrogens (primary N) is 1. The second-order valence-electron chi connectivity index (χ2n) is 4.57. The van der Waals surface area contributed by atoms with Crippen molar-refractivity contribution in [1.82, 2.24) is 9.97 Å². The molecule has 0 radical (unpaired) electrons. The maximum absolute atomic E-state index is 12.2. The van der Waals surface area contributed by atoms with Gasteiger partial charge >= 0.3 is 12.0 Å². The zero-order chi connectivity index (χ0) is 17.0. The smallest absolute Gasteiger partial charge is 0.342 e. The zero-order valence-electron chi connectivity index (χ0n) is 12.6. The van der Waals surface area contributed by atoms with Gasteiger partial charge in [-0.3, -0.25) is 5.32 Å². The fourth-order valence-electron chi connectivity index (χ4n) is 2.00. The molecule has 1 aromatic heterocycles. The van der Waals surface area contributed by atoms with E-state index in [0.29, 0.717) is 22.0 Å². The van der Waals surface area contributed by atoms with Gasteiger partial charge in [-0.2, -0.15) is 0 Å². The first-order valence-electron chi connectivity index (χ1n) is 6.80. The number of nitrogens with one attached hydrogen (secondary N) is 1. The first kappa shape index (κ1) is 16.7. The fourth-order valence-corrected chi connectivity index (χ4v) is 2.13. The summed E-state index contributed by atoms with van der Waals surface area (Å²) in [6.45, 7) is 3.55. The summed E-state index contributed by atoms with van der Waals surface area (Å²) in [6, 6.07) is 5.96. The number of anilines is 1. The van der Waals surface area contributed by atoms with Gasteiger partial charge in [-0.15, -0.1) is 0 Å². The summed E-state index contributed by atoms with van der Waals surface area (Å²) >= 11 is 5.88. The first-order valence-corrected chi connectivity index (χ1v) is 7.18. The number of nitrogens with zero attached hydrogens (tertiary/aromatic N) is 2. The van der Waals surface area contributed by atoms with Crippen LogP contribution in [0.5, 0.6) is 0 Å². The van der Waals surface area contributed by atoms with Crippen LogP contribution < -0.4 is 11.1 Å². The van der Waals surface area contributed by atoms with Gasteiger partial charge in [0.1, 0.15) is 5.56 Å². The van der Waals surface area contributed by atoms with Gasteiger partial charge < -0.3 is 10.5 Å². The average molecular weight is 335 g/mol. The maximum Gasteiger partial charge on any atom is 0.342 e. The Morgan fingerprint density at radius 1 is 1.26 bits per heavy atom. The molecule has 2 rings (SSSR count). The summed E-state index contributed by atoms with van der Waals surface area (Å²) < 4.78 is 5.06. The normalized spacial score (nSPS) is 10.2. The predicted octanol–water partition coefficient (Wildman–Crippen LogP) is 2.77. The number of primary amides is 1. The van der Waals surface area contributed by atoms with Crippen molar-refractivity contribution in [1.29, 1.82) is 0 Å². The summed E-state index contributed by atoms with van der Waals surface area (Å²) in [6.07, 6.45) is 0. The monoisotopic (exact) mass is 334 g/mol. The number of aromatic nitrogens is 2. The van der Waals surface area contributed by atoms with Crippen molar-refractivity contribution < 1.29 is 14.3 Å². The molecule has 1 heterocycles. The van der Waals surface area contributed by atoms with E-state index in [0.717, 1.165) is 0 Å². The Labute approximate surface area is 137 Å². The second-order valence-corrected chi connectivity index (χ2v) is 5.01. The van der Waals surface area contributed by atoms with Crippen LogP contribution in [0, 0.1) is 6.92 Å². The average Bonchev–Trinajstić information content (AvgIpc) is 2.46. The fraction of sp³-hybridized carbons (Fsp3) is 0.200. The third kappa shape index (κ3) is 3.95. The highest BCUT2D eigenvalue weighted by Crippen LogP contribution is 2.27. The number of hydrogen-bond donors (Lipinski definition) is 2. The van der Waals surface area contributed by atoms with Crippen LogP contribution in [0.4, 0.5) is 10.7 Å². The van der Waals surface area contributed by atoms with Crippen LogP contribution in [0.3, 0.4) is 0 Å². The number of amides is 2. The number of rotatable bonds is 4. The topological polar surface area (TPSA) is 107 Å². The minimum atomic E-state index is -0.796. The molecule has 120 valence electrons. The van der Waals surface area contributed by atoms with Crippen LogP contribution in [0.25, 0.3) is 11.3 Å². The van der Waals surface area contributed by atoms with E-state index in [4.69, 9.17) is 22.1 Å². The van der Waals surface area contributed by atoms with E-state index in [1.807, 2.05) is 0 Å². The predicted molar refractivity (Wildman–Crippen MR) is 86.4 cm³/mol. The summed E-state index contributed by atoms with van der Waals surface area (Å²) in [5.41, 5.74) is 6.65. The number of carbonyl (C=O) groups excluding carboxylic acids is 2. The zero-order valence-corrected chi connectivity index (χ0v) is 13.3. The molecule has 0 fully saturated rings. The molecule has 0 atom stereocenters. The molecule has 2 aromatic rings. The quantitative estimate of drug-likeness (QED) is 0.836. The molecule has 2 amide bonds. The number of aryl methyl sites for hydroxylation is 1. The van der Waals surface area contributed by atoms with E-state index in [2.05, 4.69) is 15.3 Å². The van der Waals surface area contributed by atoms with Crippen LogP contribution >= 0.6 is 11.6 Å². The second kappa shape index (κ2) is 7.06. The van der Waals surface area contributed by atoms with Crippen molar-refractivity contribution in [2.45, 2.75) is 13.8 Å². The van der Waals surface area contributed by atoms with E-state index in [9.17, 15) is 9.59 Å². The first-order chi connectivity index (χ1) is 10.9. The van der Waals surface area contributed by atoms with Crippen LogP contribution in [0.15, 0.2) is 24.3 Å². The summed E-state index contributed by atoms with van der Waals surface area (Å²) in [7, 11) is 0. The largest absolute Gasteiger partial charge is 0.462 e. The van der Waals surface area contributed by atoms with Gasteiger partial charge in [0.05, 0.1) is 18.0 Å². The van der Waals surface area contributed by atoms with Gasteiger partial charge in [0.2, 0.25) is 5.95 Å². The molecule has 0 aliphatic carbocycles. The maximum atomic E-state index is 12.2. The van der Waals surface area contributed by atoms with Crippen molar-refractivity contribution in [3.8, 4) is 11.3 Å². The van der Waals surface area contributed by atoms with Crippen LogP contribution in [-0.4, -0.2) is 28.6 Å². The highest BCUT2D eigenvalue weighted by molar-refractivity contribution is 6.30. The van der Waals surface area contributed by atoms with Gasteiger partial charge in [-0.25, -0.2) is 19.6 Å². The third-order valence-corrected chi connectivity index (χ3v) is 3.17. The van der Waals surface area contributed by atoms with Crippen molar-refractivity contribution in [3.63, 3.8) is 0 Å². The summed E-state index contributed by atoms with van der Waals surface area (Å²) in [4.78, 5) is 31.5. The number of hydrogen-bond acceptors (Lipinski definition) is 5. The van der Waals surface area contributed by atoms with E-state index in [-0.39, 0.29) is 18.1 Å². The van der Waals surface area contributed by atoms with Crippen molar-refractivity contribution in [3.05, 3.63) is 40.5 Å². The number of carbonyl (C=O) groups is 2. The Bertz CT molecular complexity index is 747. The lowest BCUT2D eigenvalue weighted by atomic mass is 10.0. The van der Waals surface area contributed by atoms with E-state index in [1.165, 1.54) is 0 Å². The highest BCUT2D eigenvalue weighted by Gasteiger charge is 2.21. The van der Waals surface area contributed by atoms with Gasteiger partial charge in [0.25, 0.3) is 0 Å². The molecule has 0 unspecified atom stereocenters. The van der Waals surface area contributed by atoms with E-state index in [1.54, 1.807) is 38.1 Å². The highest BCUT2D eigenvalue weighted by atomic mass is 35.5. The van der Waals surface area contributed by atoms with Gasteiger partial charge in [0, 0.05) is 10.6 Å². The SMILES string of the molecule is CCOC(=O)c1c(C)nc(NC(N)=O)nc1-c1ccc(Cl)cc1. The van der Waals surface area contributed by atoms with Gasteiger partial charge in [-0.05, 0) is 26.0 Å². The Morgan fingerprint density at radius 3 is 2.48 bits per heavy atom. The summed E-state index contributed by atoms with van der Waals surface area (Å²) in [5, 5.41) is 2.85. The molecule has 0 spiro atoms. The van der Waals surface area contributed by atoms with Crippen LogP contribution in [0.2, 0.25) is 5.02 Å². The molecule has 0 aliphatic rings. The lowest BCUT2D eigenvalue weighted by Crippen LogP contribution is -2.22. The molecule has 0 aliphatic heterocycles. The lowest BCUT2D eigenvalue weighted by Gasteiger charge is -2.12. The Balaban J connectivity index is 2.62. The Morgan fingerprint density at radius 2 is 1.91 bits per heavy atom. The Kier molecular flexibility index (Phi) is 5.13. The molecule has 0 saturated heterocycles. The molecule has 1 aromatic carbocycles. The van der Waals surface area contributed by atoms with Gasteiger partial charge in [-0.1, -0.05) is 23.7 Å². The number of ether oxygens (including phenoxy) is 1. The minimum absolute atomic E-state index is 0.00741. The van der Waals surface area contributed by atoms with Crippen molar-refractivity contribution >= 4 is 29.5 Å². The molecular formula is C15H15ClN4O3. The summed E-state index contributed by atoms with van der Waals surface area (Å²) in [5.74, 6) is -0.534. The molecule has 7 nitrogen and oxygen atoms in total. The van der Waals surface area contributed by atoms with Crippen molar-refractivity contribution in [2.75, 3.05) is 11.9 Å². The molecule has 3 N–H and O–H groups in total. The molecule has 8 heteroatoms. The van der Waals surface area contributed by atoms with Crippen molar-refractivity contribution in [2.24, 2.45) is 5.73 Å². The molecule has 23 heavy (non-hydrogen) atoms. The van der Waals surface area contributed by atoms with Crippen LogP contribution in [-0.2, 0) is 4.74 Å². The van der Waals surface area contributed by atoms with Crippen LogP contribution in [0.1, 0.15) is 23.0 Å². The number of benzene rings is 1. The number of esters is 1. The minimum Gasteiger partial charge on any atom is -0.462 e. The number of halogens is 1.